The van der Waals surface area contributed by atoms with Gasteiger partial charge in [-0.05, 0) is 36.9 Å². The summed E-state index contributed by atoms with van der Waals surface area (Å²) in [7, 11) is 0. The third kappa shape index (κ3) is 4.29. The molecule has 0 aliphatic rings. The van der Waals surface area contributed by atoms with Gasteiger partial charge < -0.3 is 5.32 Å². The van der Waals surface area contributed by atoms with E-state index in [0.29, 0.717) is 5.69 Å². The molecule has 1 aromatic carbocycles. The first kappa shape index (κ1) is 18.5. The minimum atomic E-state index is -0.637. The smallest absolute Gasteiger partial charge is 0.322 e. The highest BCUT2D eigenvalue weighted by Gasteiger charge is 2.11. The lowest BCUT2D eigenvalue weighted by atomic mass is 10.1. The number of rotatable bonds is 6. The summed E-state index contributed by atoms with van der Waals surface area (Å²) in [4.78, 5) is 46.5. The van der Waals surface area contributed by atoms with Crippen LogP contribution in [0, 0.1) is 0 Å². The van der Waals surface area contributed by atoms with Crippen LogP contribution in [0.2, 0.25) is 0 Å². The molecule has 3 aromatic rings. The molecule has 0 spiro atoms. The van der Waals surface area contributed by atoms with Gasteiger partial charge in [0.25, 0.3) is 11.5 Å². The van der Waals surface area contributed by atoms with Crippen molar-refractivity contribution in [3.05, 3.63) is 68.5 Å². The van der Waals surface area contributed by atoms with Crippen molar-refractivity contribution in [2.45, 2.75) is 20.4 Å². The van der Waals surface area contributed by atoms with E-state index >= 15 is 0 Å². The second kappa shape index (κ2) is 7.96. The first-order valence-electron chi connectivity index (χ1n) is 8.75. The van der Waals surface area contributed by atoms with E-state index < -0.39 is 11.2 Å². The molecule has 8 nitrogen and oxygen atoms in total. The molecule has 2 heterocycles. The van der Waals surface area contributed by atoms with Crippen LogP contribution in [0.4, 0.5) is 5.69 Å². The summed E-state index contributed by atoms with van der Waals surface area (Å²) in [5.41, 5.74) is 0.914. The van der Waals surface area contributed by atoms with Gasteiger partial charge in [-0.1, -0.05) is 26.0 Å². The van der Waals surface area contributed by atoms with Crippen LogP contribution in [0.5, 0.6) is 0 Å². The molecule has 0 saturated heterocycles. The molecule has 0 unspecified atom stereocenters. The van der Waals surface area contributed by atoms with Crippen molar-refractivity contribution in [2.75, 3.05) is 18.4 Å². The molecule has 0 bridgehead atoms. The first-order valence-corrected chi connectivity index (χ1v) is 8.75. The fourth-order valence-corrected chi connectivity index (χ4v) is 2.83. The van der Waals surface area contributed by atoms with E-state index in [1.165, 1.54) is 12.3 Å². The molecule has 2 aromatic heterocycles. The predicted octanol–water partition coefficient (Wildman–Crippen LogP) is 1.71. The summed E-state index contributed by atoms with van der Waals surface area (Å²) in [6.07, 6.45) is 1.33. The lowest BCUT2D eigenvalue weighted by Gasteiger charge is -2.18. The molecule has 3 rings (SSSR count). The Morgan fingerprint density at radius 3 is 2.67 bits per heavy atom. The Kier molecular flexibility index (Phi) is 5.46. The van der Waals surface area contributed by atoms with Crippen LogP contribution in [-0.4, -0.2) is 38.8 Å². The number of nitrogens with one attached hydrogen (secondary N) is 3. The van der Waals surface area contributed by atoms with Gasteiger partial charge in [0, 0.05) is 18.4 Å². The number of amides is 1. The van der Waals surface area contributed by atoms with Crippen molar-refractivity contribution < 1.29 is 4.79 Å². The fraction of sp³-hybridized carbons (Fsp3) is 0.263. The van der Waals surface area contributed by atoms with Crippen molar-refractivity contribution in [1.82, 2.24) is 19.9 Å². The van der Waals surface area contributed by atoms with Crippen LogP contribution in [0.1, 0.15) is 29.8 Å². The van der Waals surface area contributed by atoms with Gasteiger partial charge in [-0.15, -0.1) is 0 Å². The van der Waals surface area contributed by atoms with Gasteiger partial charge in [-0.3, -0.25) is 24.5 Å². The first-order chi connectivity index (χ1) is 13.0. The van der Waals surface area contributed by atoms with Crippen molar-refractivity contribution in [1.29, 1.82) is 0 Å². The molecule has 0 radical (unpaired) electrons. The summed E-state index contributed by atoms with van der Waals surface area (Å²) in [5.74, 6) is -0.380. The number of carbonyl (C=O) groups excluding carboxylic acids is 1. The largest absolute Gasteiger partial charge is 0.327 e. The summed E-state index contributed by atoms with van der Waals surface area (Å²) in [6, 6.07) is 9.05. The number of nitrogens with zero attached hydrogens (tertiary/aromatic N) is 2. The third-order valence-corrected chi connectivity index (χ3v) is 4.34. The number of hydrogen-bond donors (Lipinski definition) is 3. The topological polar surface area (TPSA) is 111 Å². The highest BCUT2D eigenvalue weighted by molar-refractivity contribution is 6.05. The van der Waals surface area contributed by atoms with Crippen molar-refractivity contribution in [2.24, 2.45) is 0 Å². The Morgan fingerprint density at radius 1 is 1.15 bits per heavy atom. The van der Waals surface area contributed by atoms with Gasteiger partial charge in [0.15, 0.2) is 0 Å². The number of H-pyrrole nitrogens is 2. The van der Waals surface area contributed by atoms with Gasteiger partial charge in [0.1, 0.15) is 5.65 Å². The molecule has 27 heavy (non-hydrogen) atoms. The average Bonchev–Trinajstić information content (AvgIpc) is 2.66. The van der Waals surface area contributed by atoms with E-state index in [1.807, 2.05) is 24.3 Å². The standard InChI is InChI=1S/C19H21N5O3/c1-3-24(4-2)11-12-6-5-7-14(8-12)21-17(25)13-9-15-16(20-10-13)22-19(27)23-18(15)26/h5-10H,3-4,11H2,1-2H3,(H,21,25)(H2,20,22,23,26,27). The zero-order valence-corrected chi connectivity index (χ0v) is 15.2. The Hall–Kier alpha value is -3.26. The zero-order valence-electron chi connectivity index (χ0n) is 15.2. The summed E-state index contributed by atoms with van der Waals surface area (Å²) < 4.78 is 0. The Labute approximate surface area is 155 Å². The second-order valence-electron chi connectivity index (χ2n) is 6.14. The number of benzene rings is 1. The average molecular weight is 367 g/mol. The molecule has 8 heteroatoms. The van der Waals surface area contributed by atoms with Gasteiger partial charge in [-0.2, -0.15) is 0 Å². The fourth-order valence-electron chi connectivity index (χ4n) is 2.83. The maximum absolute atomic E-state index is 12.5. The maximum Gasteiger partial charge on any atom is 0.327 e. The number of pyridine rings is 1. The number of aromatic nitrogens is 3. The van der Waals surface area contributed by atoms with E-state index in [1.54, 1.807) is 0 Å². The molecule has 3 N–H and O–H groups in total. The van der Waals surface area contributed by atoms with Crippen molar-refractivity contribution >= 4 is 22.6 Å². The molecule has 1 amide bonds. The highest BCUT2D eigenvalue weighted by Crippen LogP contribution is 2.15. The van der Waals surface area contributed by atoms with E-state index in [4.69, 9.17) is 0 Å². The van der Waals surface area contributed by atoms with Gasteiger partial charge in [-0.25, -0.2) is 9.78 Å². The summed E-state index contributed by atoms with van der Waals surface area (Å²) in [5, 5.41) is 2.97. The van der Waals surface area contributed by atoms with Gasteiger partial charge in [0.2, 0.25) is 0 Å². The third-order valence-electron chi connectivity index (χ3n) is 4.34. The summed E-state index contributed by atoms with van der Waals surface area (Å²) in [6.45, 7) is 6.92. The Balaban J connectivity index is 1.82. The second-order valence-corrected chi connectivity index (χ2v) is 6.14. The SMILES string of the molecule is CCN(CC)Cc1cccc(NC(=O)c2cnc3[nH]c(=O)[nH]c(=O)c3c2)c1. The molecule has 0 aliphatic heterocycles. The molecule has 0 aliphatic carbocycles. The summed E-state index contributed by atoms with van der Waals surface area (Å²) >= 11 is 0. The lowest BCUT2D eigenvalue weighted by Crippen LogP contribution is -2.23. The van der Waals surface area contributed by atoms with E-state index in [9.17, 15) is 14.4 Å². The molecule has 0 saturated carbocycles. The Morgan fingerprint density at radius 2 is 1.93 bits per heavy atom. The van der Waals surface area contributed by atoms with E-state index in [2.05, 4.69) is 39.0 Å². The predicted molar refractivity (Wildman–Crippen MR) is 104 cm³/mol. The number of aromatic amines is 2. The maximum atomic E-state index is 12.5. The molecule has 140 valence electrons. The van der Waals surface area contributed by atoms with Gasteiger partial charge in [0.05, 0.1) is 10.9 Å². The van der Waals surface area contributed by atoms with Crippen LogP contribution >= 0.6 is 0 Å². The zero-order chi connectivity index (χ0) is 19.4. The van der Waals surface area contributed by atoms with Crippen LogP contribution in [-0.2, 0) is 6.54 Å². The van der Waals surface area contributed by atoms with E-state index in [-0.39, 0.29) is 22.5 Å². The molecular formula is C19H21N5O3. The normalized spacial score (nSPS) is 11.1. The minimum absolute atomic E-state index is 0.140. The molecule has 0 fully saturated rings. The number of fused-ring (bicyclic) bond motifs is 1. The van der Waals surface area contributed by atoms with E-state index in [0.717, 1.165) is 25.2 Å². The quantitative estimate of drug-likeness (QED) is 0.614. The van der Waals surface area contributed by atoms with Crippen molar-refractivity contribution in [3.63, 3.8) is 0 Å². The molecular weight excluding hydrogens is 346 g/mol. The van der Waals surface area contributed by atoms with Crippen LogP contribution in [0.3, 0.4) is 0 Å². The minimum Gasteiger partial charge on any atom is -0.322 e. The van der Waals surface area contributed by atoms with Crippen LogP contribution in [0.15, 0.2) is 46.1 Å². The number of anilines is 1. The molecule has 0 atom stereocenters. The number of hydrogen-bond acceptors (Lipinski definition) is 5. The monoisotopic (exact) mass is 367 g/mol. The van der Waals surface area contributed by atoms with Crippen LogP contribution in [0.25, 0.3) is 11.0 Å². The Bertz CT molecular complexity index is 1080. The highest BCUT2D eigenvalue weighted by atomic mass is 16.2. The van der Waals surface area contributed by atoms with Gasteiger partial charge >= 0.3 is 5.69 Å². The van der Waals surface area contributed by atoms with Crippen LogP contribution < -0.4 is 16.6 Å². The number of carbonyl (C=O) groups is 1. The lowest BCUT2D eigenvalue weighted by molar-refractivity contribution is 0.102. The van der Waals surface area contributed by atoms with Crippen molar-refractivity contribution in [3.8, 4) is 0 Å².